The van der Waals surface area contributed by atoms with Crippen molar-refractivity contribution in [1.82, 2.24) is 4.90 Å². The van der Waals surface area contributed by atoms with Crippen molar-refractivity contribution in [2.24, 2.45) is 0 Å². The number of furan rings is 2. The highest BCUT2D eigenvalue weighted by atomic mass is 32.2. The second-order valence-electron chi connectivity index (χ2n) is 3.86. The molecule has 1 saturated heterocycles. The van der Waals surface area contributed by atoms with Gasteiger partial charge < -0.3 is 8.83 Å². The first-order valence-corrected chi connectivity index (χ1v) is 6.78. The smallest absolute Gasteiger partial charge is 0.266 e. The minimum absolute atomic E-state index is 0.122. The standard InChI is InChI=1S/C13H9NO3S2/c15-12-11(7-9-3-1-5-16-9)19-13(18)14(12)8-10-4-2-6-17-10/h1-7H,8H2/b11-7+. The van der Waals surface area contributed by atoms with E-state index in [4.69, 9.17) is 21.1 Å². The highest BCUT2D eigenvalue weighted by molar-refractivity contribution is 8.26. The number of nitrogens with zero attached hydrogens (tertiary/aromatic N) is 1. The van der Waals surface area contributed by atoms with Gasteiger partial charge in [0.2, 0.25) is 0 Å². The van der Waals surface area contributed by atoms with Crippen LogP contribution in [0.15, 0.2) is 50.5 Å². The lowest BCUT2D eigenvalue weighted by Crippen LogP contribution is -2.27. The zero-order chi connectivity index (χ0) is 13.2. The van der Waals surface area contributed by atoms with Crippen LogP contribution < -0.4 is 0 Å². The van der Waals surface area contributed by atoms with Gasteiger partial charge in [-0.15, -0.1) is 0 Å². The van der Waals surface area contributed by atoms with Gasteiger partial charge in [-0.05, 0) is 24.3 Å². The van der Waals surface area contributed by atoms with Crippen molar-refractivity contribution in [2.75, 3.05) is 0 Å². The summed E-state index contributed by atoms with van der Waals surface area (Å²) in [7, 11) is 0. The first kappa shape index (κ1) is 12.3. The van der Waals surface area contributed by atoms with E-state index >= 15 is 0 Å². The Kier molecular flexibility index (Phi) is 3.27. The summed E-state index contributed by atoms with van der Waals surface area (Å²) < 4.78 is 11.0. The third kappa shape index (κ3) is 2.50. The van der Waals surface area contributed by atoms with Crippen molar-refractivity contribution in [3.63, 3.8) is 0 Å². The van der Waals surface area contributed by atoms with Crippen LogP contribution in [0, 0.1) is 0 Å². The van der Waals surface area contributed by atoms with Crippen molar-refractivity contribution in [3.8, 4) is 0 Å². The van der Waals surface area contributed by atoms with Crippen LogP contribution in [0.25, 0.3) is 6.08 Å². The molecular weight excluding hydrogens is 282 g/mol. The lowest BCUT2D eigenvalue weighted by Gasteiger charge is -2.11. The third-order valence-electron chi connectivity index (χ3n) is 2.58. The zero-order valence-corrected chi connectivity index (χ0v) is 11.4. The summed E-state index contributed by atoms with van der Waals surface area (Å²) in [4.78, 5) is 14.3. The molecule has 6 heteroatoms. The van der Waals surface area contributed by atoms with E-state index in [1.54, 1.807) is 36.8 Å². The van der Waals surface area contributed by atoms with Gasteiger partial charge >= 0.3 is 0 Å². The van der Waals surface area contributed by atoms with E-state index in [2.05, 4.69) is 0 Å². The number of hydrogen-bond acceptors (Lipinski definition) is 5. The van der Waals surface area contributed by atoms with Crippen molar-refractivity contribution < 1.29 is 13.6 Å². The van der Waals surface area contributed by atoms with Gasteiger partial charge in [0.1, 0.15) is 15.8 Å². The molecule has 1 aliphatic rings. The van der Waals surface area contributed by atoms with Crippen LogP contribution in [-0.4, -0.2) is 15.1 Å². The number of thiocarbonyl (C=S) groups is 1. The van der Waals surface area contributed by atoms with Crippen LogP contribution >= 0.6 is 24.0 Å². The molecule has 0 atom stereocenters. The maximum Gasteiger partial charge on any atom is 0.266 e. The van der Waals surface area contributed by atoms with Crippen molar-refractivity contribution >= 4 is 40.3 Å². The molecule has 3 heterocycles. The van der Waals surface area contributed by atoms with Gasteiger partial charge in [0.05, 0.1) is 24.0 Å². The summed E-state index contributed by atoms with van der Waals surface area (Å²) in [6.07, 6.45) is 4.84. The number of carbonyl (C=O) groups is 1. The summed E-state index contributed by atoms with van der Waals surface area (Å²) in [5.74, 6) is 1.22. The lowest BCUT2D eigenvalue weighted by atomic mass is 10.3. The first-order chi connectivity index (χ1) is 9.24. The third-order valence-corrected chi connectivity index (χ3v) is 3.96. The molecular formula is C13H9NO3S2. The predicted molar refractivity (Wildman–Crippen MR) is 76.1 cm³/mol. The lowest BCUT2D eigenvalue weighted by molar-refractivity contribution is -0.122. The normalized spacial score (nSPS) is 17.7. The van der Waals surface area contributed by atoms with E-state index in [0.29, 0.717) is 27.3 Å². The molecule has 2 aromatic rings. The van der Waals surface area contributed by atoms with E-state index < -0.39 is 0 Å². The fourth-order valence-corrected chi connectivity index (χ4v) is 2.93. The van der Waals surface area contributed by atoms with Crippen LogP contribution in [0.3, 0.4) is 0 Å². The predicted octanol–water partition coefficient (Wildman–Crippen LogP) is 3.27. The van der Waals surface area contributed by atoms with Crippen LogP contribution in [0.2, 0.25) is 0 Å². The van der Waals surface area contributed by atoms with E-state index in [1.165, 1.54) is 16.7 Å². The summed E-state index contributed by atoms with van der Waals surface area (Å²) >= 11 is 6.49. The Balaban J connectivity index is 1.81. The van der Waals surface area contributed by atoms with Crippen LogP contribution in [0.1, 0.15) is 11.5 Å². The fourth-order valence-electron chi connectivity index (χ4n) is 1.70. The van der Waals surface area contributed by atoms with Crippen LogP contribution in [0.5, 0.6) is 0 Å². The van der Waals surface area contributed by atoms with Crippen LogP contribution in [0.4, 0.5) is 0 Å². The summed E-state index contributed by atoms with van der Waals surface area (Å²) in [6.45, 7) is 0.354. The zero-order valence-electron chi connectivity index (χ0n) is 9.74. The Labute approximate surface area is 119 Å². The number of thioether (sulfide) groups is 1. The maximum absolute atomic E-state index is 12.2. The van der Waals surface area contributed by atoms with Gasteiger partial charge in [-0.25, -0.2) is 0 Å². The average molecular weight is 291 g/mol. The fraction of sp³-hybridized carbons (Fsp3) is 0.0769. The Bertz CT molecular complexity index is 629. The molecule has 0 spiro atoms. The topological polar surface area (TPSA) is 46.6 Å². The highest BCUT2D eigenvalue weighted by Gasteiger charge is 2.32. The molecule has 0 unspecified atom stereocenters. The number of carbonyl (C=O) groups excluding carboxylic acids is 1. The Morgan fingerprint density at radius 2 is 2.05 bits per heavy atom. The molecule has 4 nitrogen and oxygen atoms in total. The Morgan fingerprint density at radius 3 is 2.74 bits per heavy atom. The molecule has 96 valence electrons. The Hall–Kier alpha value is -1.79. The molecule has 1 fully saturated rings. The van der Waals surface area contributed by atoms with Crippen molar-refractivity contribution in [3.05, 3.63) is 53.2 Å². The van der Waals surface area contributed by atoms with Crippen LogP contribution in [-0.2, 0) is 11.3 Å². The molecule has 1 amide bonds. The van der Waals surface area contributed by atoms with Crippen molar-refractivity contribution in [1.29, 1.82) is 0 Å². The molecule has 0 radical (unpaired) electrons. The second-order valence-corrected chi connectivity index (χ2v) is 5.54. The molecule has 0 aliphatic carbocycles. The van der Waals surface area contributed by atoms with Gasteiger partial charge in [-0.3, -0.25) is 9.69 Å². The van der Waals surface area contributed by atoms with Gasteiger partial charge in [-0.2, -0.15) is 0 Å². The van der Waals surface area contributed by atoms with E-state index in [-0.39, 0.29) is 5.91 Å². The summed E-state index contributed by atoms with van der Waals surface area (Å²) in [6, 6.07) is 7.16. The SMILES string of the molecule is O=C1/C(=C\c2ccco2)SC(=S)N1Cc1ccco1. The number of hydrogen-bond donors (Lipinski definition) is 0. The van der Waals surface area contributed by atoms with Gasteiger partial charge in [0.15, 0.2) is 0 Å². The maximum atomic E-state index is 12.2. The van der Waals surface area contributed by atoms with Gasteiger partial charge in [-0.1, -0.05) is 24.0 Å². The molecule has 3 rings (SSSR count). The van der Waals surface area contributed by atoms with E-state index in [0.717, 1.165) is 0 Å². The molecule has 0 N–H and O–H groups in total. The first-order valence-electron chi connectivity index (χ1n) is 5.55. The van der Waals surface area contributed by atoms with Gasteiger partial charge in [0.25, 0.3) is 5.91 Å². The molecule has 2 aromatic heterocycles. The van der Waals surface area contributed by atoms with Gasteiger partial charge in [0, 0.05) is 6.08 Å². The molecule has 0 bridgehead atoms. The largest absolute Gasteiger partial charge is 0.467 e. The summed E-state index contributed by atoms with van der Waals surface area (Å²) in [5, 5.41) is 0. The Morgan fingerprint density at radius 1 is 1.26 bits per heavy atom. The molecule has 1 aliphatic heterocycles. The molecule has 0 aromatic carbocycles. The second kappa shape index (κ2) is 5.07. The number of amides is 1. The average Bonchev–Trinajstić information content (AvgIpc) is 3.10. The highest BCUT2D eigenvalue weighted by Crippen LogP contribution is 2.33. The monoisotopic (exact) mass is 291 g/mol. The van der Waals surface area contributed by atoms with E-state index in [1.807, 2.05) is 6.07 Å². The van der Waals surface area contributed by atoms with Crippen molar-refractivity contribution in [2.45, 2.75) is 6.54 Å². The minimum atomic E-state index is -0.122. The molecule has 19 heavy (non-hydrogen) atoms. The van der Waals surface area contributed by atoms with E-state index in [9.17, 15) is 4.79 Å². The quantitative estimate of drug-likeness (QED) is 0.641. The number of rotatable bonds is 3. The minimum Gasteiger partial charge on any atom is -0.467 e. The summed E-state index contributed by atoms with van der Waals surface area (Å²) in [5.41, 5.74) is 0. The molecule has 0 saturated carbocycles.